The standard InChI is InChI=1S/C9H17N2/c1-2-5-9-6-4-7-10-11(9)8-3-1/h10H,1-8H2/q+1. The molecule has 11 heavy (non-hydrogen) atoms. The Bertz CT molecular complexity index is 154. The van der Waals surface area contributed by atoms with Gasteiger partial charge in [0.1, 0.15) is 0 Å². The molecular weight excluding hydrogens is 136 g/mol. The predicted molar refractivity (Wildman–Crippen MR) is 45.8 cm³/mol. The molecule has 0 amide bonds. The fraction of sp³-hybridized carbons (Fsp3) is 0.889. The van der Waals surface area contributed by atoms with Crippen LogP contribution in [0.15, 0.2) is 0 Å². The summed E-state index contributed by atoms with van der Waals surface area (Å²) in [4.78, 5) is 0. The lowest BCUT2D eigenvalue weighted by Gasteiger charge is -2.12. The molecule has 0 unspecified atom stereocenters. The molecule has 0 saturated carbocycles. The van der Waals surface area contributed by atoms with E-state index in [0.29, 0.717) is 0 Å². The number of nitrogens with one attached hydrogen (secondary N) is 1. The third-order valence-electron chi connectivity index (χ3n) is 2.67. The first kappa shape index (κ1) is 7.14. The van der Waals surface area contributed by atoms with Gasteiger partial charge in [-0.25, -0.2) is 0 Å². The minimum atomic E-state index is 1.18. The molecular formula is C9H17N2+. The number of hydrazine groups is 1. The maximum Gasteiger partial charge on any atom is 0.182 e. The molecule has 0 saturated heterocycles. The summed E-state index contributed by atoms with van der Waals surface area (Å²) in [6, 6.07) is 0. The Balaban J connectivity index is 2.10. The summed E-state index contributed by atoms with van der Waals surface area (Å²) in [6.45, 7) is 2.43. The van der Waals surface area contributed by atoms with Crippen LogP contribution in [0, 0.1) is 0 Å². The van der Waals surface area contributed by atoms with Gasteiger partial charge in [0, 0.05) is 19.3 Å². The first-order chi connectivity index (χ1) is 5.47. The summed E-state index contributed by atoms with van der Waals surface area (Å²) >= 11 is 0. The lowest BCUT2D eigenvalue weighted by atomic mass is 10.1. The highest BCUT2D eigenvalue weighted by molar-refractivity contribution is 5.79. The summed E-state index contributed by atoms with van der Waals surface area (Å²) in [7, 11) is 0. The Hall–Kier alpha value is -0.530. The lowest BCUT2D eigenvalue weighted by Crippen LogP contribution is -2.39. The first-order valence-corrected chi connectivity index (χ1v) is 4.82. The van der Waals surface area contributed by atoms with Crippen molar-refractivity contribution in [2.75, 3.05) is 13.1 Å². The van der Waals surface area contributed by atoms with E-state index in [9.17, 15) is 0 Å². The van der Waals surface area contributed by atoms with Crippen LogP contribution in [0.5, 0.6) is 0 Å². The van der Waals surface area contributed by atoms with Crippen molar-refractivity contribution in [1.29, 1.82) is 0 Å². The molecule has 2 heteroatoms. The second-order valence-electron chi connectivity index (χ2n) is 3.54. The van der Waals surface area contributed by atoms with E-state index in [1.807, 2.05) is 0 Å². The predicted octanol–water partition coefficient (Wildman–Crippen LogP) is 1.31. The van der Waals surface area contributed by atoms with Gasteiger partial charge in [0.25, 0.3) is 0 Å². The van der Waals surface area contributed by atoms with Crippen molar-refractivity contribution in [2.45, 2.75) is 38.5 Å². The maximum atomic E-state index is 3.46. The van der Waals surface area contributed by atoms with Gasteiger partial charge < -0.3 is 0 Å². The Morgan fingerprint density at radius 1 is 1.00 bits per heavy atom. The Labute approximate surface area is 68.3 Å². The molecule has 2 rings (SSSR count). The smallest absolute Gasteiger partial charge is 0.182 e. The molecule has 62 valence electrons. The monoisotopic (exact) mass is 153 g/mol. The summed E-state index contributed by atoms with van der Waals surface area (Å²) < 4.78 is 2.40. The number of hydrogen-bond acceptors (Lipinski definition) is 1. The molecule has 0 fully saturated rings. The normalized spacial score (nSPS) is 25.5. The fourth-order valence-corrected chi connectivity index (χ4v) is 2.03. The number of hydrogen-bond donors (Lipinski definition) is 1. The molecule has 2 nitrogen and oxygen atoms in total. The average Bonchev–Trinajstić information content (AvgIpc) is 2.28. The summed E-state index contributed by atoms with van der Waals surface area (Å²) in [6.07, 6.45) is 8.22. The van der Waals surface area contributed by atoms with E-state index in [1.54, 1.807) is 5.71 Å². The lowest BCUT2D eigenvalue weighted by molar-refractivity contribution is -0.592. The fourth-order valence-electron chi connectivity index (χ4n) is 2.03. The molecule has 2 heterocycles. The molecule has 0 aromatic carbocycles. The molecule has 0 atom stereocenters. The van der Waals surface area contributed by atoms with Crippen LogP contribution in [0.4, 0.5) is 0 Å². The van der Waals surface area contributed by atoms with Crippen LogP contribution in [0.1, 0.15) is 38.5 Å². The van der Waals surface area contributed by atoms with E-state index in [0.717, 1.165) is 0 Å². The zero-order chi connectivity index (χ0) is 7.52. The van der Waals surface area contributed by atoms with Crippen molar-refractivity contribution in [2.24, 2.45) is 0 Å². The molecule has 2 aliphatic rings. The highest BCUT2D eigenvalue weighted by atomic mass is 15.4. The molecule has 0 aromatic heterocycles. The Morgan fingerprint density at radius 3 is 2.91 bits per heavy atom. The maximum absolute atomic E-state index is 3.46. The molecule has 0 spiro atoms. The van der Waals surface area contributed by atoms with Crippen molar-refractivity contribution in [1.82, 2.24) is 5.43 Å². The van der Waals surface area contributed by atoms with E-state index in [4.69, 9.17) is 0 Å². The zero-order valence-electron chi connectivity index (χ0n) is 7.10. The SMILES string of the molecule is C1CCC2=[N+](CC1)NCCC2. The van der Waals surface area contributed by atoms with Gasteiger partial charge in [-0.2, -0.15) is 5.43 Å². The molecule has 0 aromatic rings. The Kier molecular flexibility index (Phi) is 2.11. The van der Waals surface area contributed by atoms with Gasteiger partial charge in [-0.3, -0.25) is 0 Å². The van der Waals surface area contributed by atoms with Crippen molar-refractivity contribution < 1.29 is 4.68 Å². The van der Waals surface area contributed by atoms with E-state index in [2.05, 4.69) is 10.1 Å². The van der Waals surface area contributed by atoms with Crippen LogP contribution >= 0.6 is 0 Å². The quantitative estimate of drug-likeness (QED) is 0.519. The highest BCUT2D eigenvalue weighted by Crippen LogP contribution is 2.11. The van der Waals surface area contributed by atoms with Crippen LogP contribution in [0.3, 0.4) is 0 Å². The van der Waals surface area contributed by atoms with Gasteiger partial charge >= 0.3 is 0 Å². The van der Waals surface area contributed by atoms with E-state index in [1.165, 1.54) is 51.6 Å². The van der Waals surface area contributed by atoms with Gasteiger partial charge in [0.05, 0.1) is 6.54 Å². The van der Waals surface area contributed by atoms with E-state index >= 15 is 0 Å². The third kappa shape index (κ3) is 1.55. The van der Waals surface area contributed by atoms with Crippen LogP contribution in [-0.4, -0.2) is 23.5 Å². The summed E-state index contributed by atoms with van der Waals surface area (Å²) in [5.74, 6) is 0. The van der Waals surface area contributed by atoms with Gasteiger partial charge in [0.15, 0.2) is 12.3 Å². The third-order valence-corrected chi connectivity index (χ3v) is 2.67. The minimum absolute atomic E-state index is 1.18. The van der Waals surface area contributed by atoms with Crippen molar-refractivity contribution in [3.63, 3.8) is 0 Å². The topological polar surface area (TPSA) is 15.0 Å². The van der Waals surface area contributed by atoms with Crippen molar-refractivity contribution >= 4 is 5.71 Å². The van der Waals surface area contributed by atoms with Crippen LogP contribution < -0.4 is 5.43 Å². The van der Waals surface area contributed by atoms with Crippen LogP contribution in [-0.2, 0) is 0 Å². The number of nitrogens with zero attached hydrogens (tertiary/aromatic N) is 1. The summed E-state index contributed by atoms with van der Waals surface area (Å²) in [5, 5.41) is 0. The highest BCUT2D eigenvalue weighted by Gasteiger charge is 2.21. The van der Waals surface area contributed by atoms with Gasteiger partial charge in [-0.15, -0.1) is 4.68 Å². The first-order valence-electron chi connectivity index (χ1n) is 4.82. The second kappa shape index (κ2) is 3.24. The number of rotatable bonds is 0. The number of hydrazone groups is 1. The van der Waals surface area contributed by atoms with Crippen LogP contribution in [0.25, 0.3) is 0 Å². The van der Waals surface area contributed by atoms with Gasteiger partial charge in [-0.05, 0) is 19.3 Å². The minimum Gasteiger partial charge on any atom is -0.198 e. The van der Waals surface area contributed by atoms with E-state index < -0.39 is 0 Å². The molecule has 0 aliphatic carbocycles. The molecule has 2 aliphatic heterocycles. The van der Waals surface area contributed by atoms with Crippen molar-refractivity contribution in [3.05, 3.63) is 0 Å². The Morgan fingerprint density at radius 2 is 1.91 bits per heavy atom. The summed E-state index contributed by atoms with van der Waals surface area (Å²) in [5.41, 5.74) is 5.12. The van der Waals surface area contributed by atoms with Gasteiger partial charge in [0.2, 0.25) is 0 Å². The van der Waals surface area contributed by atoms with Crippen LogP contribution in [0.2, 0.25) is 0 Å². The second-order valence-corrected chi connectivity index (χ2v) is 3.54. The molecule has 1 N–H and O–H groups in total. The van der Waals surface area contributed by atoms with Crippen molar-refractivity contribution in [3.8, 4) is 0 Å². The zero-order valence-corrected chi connectivity index (χ0v) is 7.10. The van der Waals surface area contributed by atoms with E-state index in [-0.39, 0.29) is 0 Å². The molecule has 0 radical (unpaired) electrons. The largest absolute Gasteiger partial charge is 0.198 e. The van der Waals surface area contributed by atoms with Gasteiger partial charge in [-0.1, -0.05) is 0 Å². The average molecular weight is 153 g/mol. The molecule has 0 bridgehead atoms.